The standard InChI is InChI=1S/C27H34N2O6/c1-6-27(17-34-5,24(32)29(15-23(30)31)26(2,3)4)28-25(33)35-16-22-20-13-9-7-11-18(20)19-12-8-10-14-21(19)22/h7-14,22H,6,15-17H2,1-5H3,(H,28,33)(H,30,31). The Kier molecular flexibility index (Phi) is 7.85. The van der Waals surface area contributed by atoms with Crippen molar-refractivity contribution in [1.29, 1.82) is 0 Å². The summed E-state index contributed by atoms with van der Waals surface area (Å²) in [6.45, 7) is 6.44. The van der Waals surface area contributed by atoms with Crippen LogP contribution in [0.4, 0.5) is 4.79 Å². The molecule has 8 nitrogen and oxygen atoms in total. The molecule has 2 aromatic rings. The van der Waals surface area contributed by atoms with Gasteiger partial charge in [-0.1, -0.05) is 55.5 Å². The molecule has 0 fully saturated rings. The van der Waals surface area contributed by atoms with Gasteiger partial charge in [-0.05, 0) is 49.4 Å². The molecule has 0 radical (unpaired) electrons. The second-order valence-corrected chi connectivity index (χ2v) is 9.78. The molecule has 0 spiro atoms. The fourth-order valence-corrected chi connectivity index (χ4v) is 4.58. The van der Waals surface area contributed by atoms with Gasteiger partial charge in [0.15, 0.2) is 0 Å². The number of carboxylic acid groups (broad SMARTS) is 1. The highest BCUT2D eigenvalue weighted by Crippen LogP contribution is 2.44. The predicted octanol–water partition coefficient (Wildman–Crippen LogP) is 4.03. The van der Waals surface area contributed by atoms with E-state index in [1.54, 1.807) is 27.7 Å². The number of carbonyl (C=O) groups excluding carboxylic acids is 2. The lowest BCUT2D eigenvalue weighted by atomic mass is 9.92. The van der Waals surface area contributed by atoms with Gasteiger partial charge in [0.25, 0.3) is 5.91 Å². The van der Waals surface area contributed by atoms with E-state index in [-0.39, 0.29) is 25.6 Å². The zero-order chi connectivity index (χ0) is 25.8. The number of alkyl carbamates (subject to hydrolysis) is 1. The Morgan fingerprint density at radius 1 is 1.00 bits per heavy atom. The Labute approximate surface area is 206 Å². The second kappa shape index (κ2) is 10.5. The van der Waals surface area contributed by atoms with Crippen molar-refractivity contribution in [3.8, 4) is 11.1 Å². The molecule has 188 valence electrons. The maximum Gasteiger partial charge on any atom is 0.408 e. The van der Waals surface area contributed by atoms with Crippen LogP contribution in [-0.2, 0) is 19.1 Å². The summed E-state index contributed by atoms with van der Waals surface area (Å²) in [5.74, 6) is -1.80. The van der Waals surface area contributed by atoms with Crippen LogP contribution in [0.3, 0.4) is 0 Å². The summed E-state index contributed by atoms with van der Waals surface area (Å²) in [5, 5.41) is 12.1. The minimum absolute atomic E-state index is 0.0962. The van der Waals surface area contributed by atoms with Crippen molar-refractivity contribution in [3.63, 3.8) is 0 Å². The quantitative estimate of drug-likeness (QED) is 0.559. The Bertz CT molecular complexity index is 1050. The summed E-state index contributed by atoms with van der Waals surface area (Å²) in [6, 6.07) is 16.0. The SMILES string of the molecule is CCC(COC)(NC(=O)OCC1c2ccccc2-c2ccccc21)C(=O)N(CC(=O)O)C(C)(C)C. The zero-order valence-electron chi connectivity index (χ0n) is 21.0. The van der Waals surface area contributed by atoms with Crippen LogP contribution in [0.5, 0.6) is 0 Å². The molecule has 1 unspecified atom stereocenters. The maximum atomic E-state index is 13.6. The largest absolute Gasteiger partial charge is 0.480 e. The zero-order valence-corrected chi connectivity index (χ0v) is 21.0. The van der Waals surface area contributed by atoms with E-state index in [0.29, 0.717) is 0 Å². The number of amides is 2. The lowest BCUT2D eigenvalue weighted by Crippen LogP contribution is -2.65. The van der Waals surface area contributed by atoms with Crippen molar-refractivity contribution in [2.45, 2.75) is 51.1 Å². The van der Waals surface area contributed by atoms with Crippen LogP contribution in [0.2, 0.25) is 0 Å². The number of ether oxygens (including phenoxy) is 2. The van der Waals surface area contributed by atoms with Crippen LogP contribution in [0.25, 0.3) is 11.1 Å². The van der Waals surface area contributed by atoms with Crippen molar-refractivity contribution in [3.05, 3.63) is 59.7 Å². The van der Waals surface area contributed by atoms with E-state index in [2.05, 4.69) is 17.4 Å². The minimum atomic E-state index is -1.47. The molecular weight excluding hydrogens is 448 g/mol. The second-order valence-electron chi connectivity index (χ2n) is 9.78. The number of hydrogen-bond acceptors (Lipinski definition) is 5. The van der Waals surface area contributed by atoms with Crippen LogP contribution in [0, 0.1) is 0 Å². The number of hydrogen-bond donors (Lipinski definition) is 2. The summed E-state index contributed by atoms with van der Waals surface area (Å²) in [5.41, 5.74) is 2.13. The number of nitrogens with zero attached hydrogens (tertiary/aromatic N) is 1. The molecule has 3 rings (SSSR count). The monoisotopic (exact) mass is 482 g/mol. The molecule has 2 amide bonds. The third kappa shape index (κ3) is 5.48. The first-order valence-electron chi connectivity index (χ1n) is 11.7. The molecule has 2 aromatic carbocycles. The van der Waals surface area contributed by atoms with Gasteiger partial charge >= 0.3 is 12.1 Å². The molecule has 0 bridgehead atoms. The number of fused-ring (bicyclic) bond motifs is 3. The molecular formula is C27H34N2O6. The summed E-state index contributed by atoms with van der Waals surface area (Å²) in [7, 11) is 1.43. The molecule has 1 atom stereocenters. The summed E-state index contributed by atoms with van der Waals surface area (Å²) in [6.07, 6.45) is -0.570. The normalized spacial score (nSPS) is 14.4. The first-order chi connectivity index (χ1) is 16.5. The number of methoxy groups -OCH3 is 1. The third-order valence-electron chi connectivity index (χ3n) is 6.44. The van der Waals surface area contributed by atoms with Crippen molar-refractivity contribution in [2.24, 2.45) is 0 Å². The smallest absolute Gasteiger partial charge is 0.408 e. The van der Waals surface area contributed by atoms with E-state index < -0.39 is 35.6 Å². The molecule has 0 saturated carbocycles. The van der Waals surface area contributed by atoms with Crippen LogP contribution in [0.15, 0.2) is 48.5 Å². The molecule has 0 aliphatic heterocycles. The van der Waals surface area contributed by atoms with Crippen molar-refractivity contribution >= 4 is 18.0 Å². The number of aliphatic carboxylic acids is 1. The van der Waals surface area contributed by atoms with Gasteiger partial charge in [0.1, 0.15) is 18.7 Å². The first-order valence-corrected chi connectivity index (χ1v) is 11.7. The summed E-state index contributed by atoms with van der Waals surface area (Å²) in [4.78, 5) is 39.3. The highest BCUT2D eigenvalue weighted by atomic mass is 16.5. The van der Waals surface area contributed by atoms with Gasteiger partial charge in [0, 0.05) is 18.6 Å². The van der Waals surface area contributed by atoms with Gasteiger partial charge < -0.3 is 24.8 Å². The van der Waals surface area contributed by atoms with Gasteiger partial charge in [0.05, 0.1) is 6.61 Å². The maximum absolute atomic E-state index is 13.6. The summed E-state index contributed by atoms with van der Waals surface area (Å²) < 4.78 is 10.9. The summed E-state index contributed by atoms with van der Waals surface area (Å²) >= 11 is 0. The number of nitrogens with one attached hydrogen (secondary N) is 1. The van der Waals surface area contributed by atoms with E-state index in [0.717, 1.165) is 22.3 Å². The van der Waals surface area contributed by atoms with E-state index in [9.17, 15) is 19.5 Å². The van der Waals surface area contributed by atoms with E-state index in [4.69, 9.17) is 9.47 Å². The van der Waals surface area contributed by atoms with Crippen molar-refractivity contribution in [1.82, 2.24) is 10.2 Å². The molecule has 35 heavy (non-hydrogen) atoms. The molecule has 0 saturated heterocycles. The molecule has 0 heterocycles. The molecule has 2 N–H and O–H groups in total. The average Bonchev–Trinajstić information content (AvgIpc) is 3.13. The van der Waals surface area contributed by atoms with Gasteiger partial charge in [0.2, 0.25) is 0 Å². The molecule has 0 aromatic heterocycles. The van der Waals surface area contributed by atoms with Crippen LogP contribution >= 0.6 is 0 Å². The van der Waals surface area contributed by atoms with Crippen LogP contribution in [-0.4, -0.2) is 65.9 Å². The van der Waals surface area contributed by atoms with Gasteiger partial charge in [-0.2, -0.15) is 0 Å². The topological polar surface area (TPSA) is 105 Å². The predicted molar refractivity (Wildman–Crippen MR) is 132 cm³/mol. The van der Waals surface area contributed by atoms with Crippen LogP contribution < -0.4 is 5.32 Å². The molecule has 1 aliphatic rings. The Morgan fingerprint density at radius 2 is 1.54 bits per heavy atom. The Morgan fingerprint density at radius 3 is 2.00 bits per heavy atom. The first kappa shape index (κ1) is 26.2. The number of benzene rings is 2. The van der Waals surface area contributed by atoms with E-state index >= 15 is 0 Å². The third-order valence-corrected chi connectivity index (χ3v) is 6.44. The fourth-order valence-electron chi connectivity index (χ4n) is 4.58. The van der Waals surface area contributed by atoms with Gasteiger partial charge in [-0.3, -0.25) is 9.59 Å². The lowest BCUT2D eigenvalue weighted by Gasteiger charge is -2.42. The highest BCUT2D eigenvalue weighted by molar-refractivity contribution is 5.92. The lowest BCUT2D eigenvalue weighted by molar-refractivity contribution is -0.153. The van der Waals surface area contributed by atoms with Crippen molar-refractivity contribution < 1.29 is 29.0 Å². The van der Waals surface area contributed by atoms with E-state index in [1.807, 2.05) is 36.4 Å². The van der Waals surface area contributed by atoms with Gasteiger partial charge in [-0.25, -0.2) is 4.79 Å². The molecule has 1 aliphatic carbocycles. The fraction of sp³-hybridized carbons (Fsp3) is 0.444. The average molecular weight is 483 g/mol. The number of rotatable bonds is 9. The van der Waals surface area contributed by atoms with E-state index in [1.165, 1.54) is 12.0 Å². The van der Waals surface area contributed by atoms with Crippen LogP contribution in [0.1, 0.15) is 51.2 Å². The van der Waals surface area contributed by atoms with Crippen molar-refractivity contribution in [2.75, 3.05) is 26.9 Å². The Balaban J connectivity index is 1.81. The van der Waals surface area contributed by atoms with Gasteiger partial charge in [-0.15, -0.1) is 0 Å². The number of carboxylic acids is 1. The molecule has 8 heteroatoms. The number of carbonyl (C=O) groups is 3. The minimum Gasteiger partial charge on any atom is -0.480 e. The highest BCUT2D eigenvalue weighted by Gasteiger charge is 2.45. The Hall–Kier alpha value is -3.39.